The molecule has 0 saturated heterocycles. The fourth-order valence-corrected chi connectivity index (χ4v) is 3.16. The highest BCUT2D eigenvalue weighted by Crippen LogP contribution is 2.35. The van der Waals surface area contributed by atoms with Gasteiger partial charge in [0.05, 0.1) is 10.9 Å². The van der Waals surface area contributed by atoms with Gasteiger partial charge in [-0.3, -0.25) is 9.59 Å². The van der Waals surface area contributed by atoms with E-state index in [4.69, 9.17) is 0 Å². The van der Waals surface area contributed by atoms with E-state index in [0.717, 1.165) is 10.5 Å². The zero-order valence-corrected chi connectivity index (χ0v) is 12.9. The molecule has 22 heavy (non-hydrogen) atoms. The highest BCUT2D eigenvalue weighted by Gasteiger charge is 2.23. The number of anilines is 1. The molecule has 2 aromatic carbocycles. The Morgan fingerprint density at radius 1 is 1.23 bits per heavy atom. The van der Waals surface area contributed by atoms with Gasteiger partial charge in [0.1, 0.15) is 0 Å². The van der Waals surface area contributed by atoms with Gasteiger partial charge in [-0.2, -0.15) is 0 Å². The van der Waals surface area contributed by atoms with E-state index in [0.29, 0.717) is 17.8 Å². The van der Waals surface area contributed by atoms with Crippen molar-refractivity contribution in [2.75, 3.05) is 5.32 Å². The number of fused-ring (bicyclic) bond motifs is 1. The van der Waals surface area contributed by atoms with Crippen LogP contribution in [0, 0.1) is 0 Å². The van der Waals surface area contributed by atoms with E-state index in [-0.39, 0.29) is 17.1 Å². The van der Waals surface area contributed by atoms with Crippen LogP contribution in [0.4, 0.5) is 5.69 Å². The van der Waals surface area contributed by atoms with Gasteiger partial charge >= 0.3 is 0 Å². The highest BCUT2D eigenvalue weighted by atomic mass is 32.2. The second kappa shape index (κ2) is 6.23. The topological polar surface area (TPSA) is 58.2 Å². The molecule has 0 aromatic heterocycles. The standard InChI is InChI=1S/C17H16N2O2S/c1-11-16(20)19-14-9-13(7-8-15(14)22-11)17(21)18-10-12-5-3-2-4-6-12/h2-9,11H,10H2,1H3,(H,18,21)(H,19,20). The lowest BCUT2D eigenvalue weighted by Gasteiger charge is -2.21. The van der Waals surface area contributed by atoms with Crippen molar-refractivity contribution in [3.05, 3.63) is 59.7 Å². The summed E-state index contributed by atoms with van der Waals surface area (Å²) in [6.45, 7) is 2.35. The number of hydrogen-bond acceptors (Lipinski definition) is 3. The molecular formula is C17H16N2O2S. The summed E-state index contributed by atoms with van der Waals surface area (Å²) in [4.78, 5) is 24.9. The van der Waals surface area contributed by atoms with Crippen LogP contribution in [0.3, 0.4) is 0 Å². The zero-order chi connectivity index (χ0) is 15.5. The minimum atomic E-state index is -0.149. The molecule has 1 unspecified atom stereocenters. The number of carbonyl (C=O) groups is 2. The quantitative estimate of drug-likeness (QED) is 0.916. The molecule has 0 saturated carbocycles. The second-order valence-corrected chi connectivity index (χ2v) is 6.51. The summed E-state index contributed by atoms with van der Waals surface area (Å²) in [7, 11) is 0. The molecule has 0 radical (unpaired) electrons. The highest BCUT2D eigenvalue weighted by molar-refractivity contribution is 8.00. The summed E-state index contributed by atoms with van der Waals surface area (Å²) >= 11 is 1.51. The molecule has 0 aliphatic carbocycles. The maximum Gasteiger partial charge on any atom is 0.251 e. The first kappa shape index (κ1) is 14.7. The normalized spacial score (nSPS) is 16.6. The molecule has 0 bridgehead atoms. The van der Waals surface area contributed by atoms with Crippen LogP contribution in [0.5, 0.6) is 0 Å². The third-order valence-electron chi connectivity index (χ3n) is 3.47. The van der Waals surface area contributed by atoms with Gasteiger partial charge in [-0.05, 0) is 30.7 Å². The van der Waals surface area contributed by atoms with Crippen molar-refractivity contribution in [2.45, 2.75) is 23.6 Å². The van der Waals surface area contributed by atoms with E-state index < -0.39 is 0 Å². The molecule has 1 aliphatic rings. The van der Waals surface area contributed by atoms with Gasteiger partial charge in [-0.25, -0.2) is 0 Å². The molecule has 112 valence electrons. The summed E-state index contributed by atoms with van der Waals surface area (Å²) in [6.07, 6.45) is 0. The third-order valence-corrected chi connectivity index (χ3v) is 4.65. The molecule has 0 fully saturated rings. The Labute approximate surface area is 133 Å². The molecular weight excluding hydrogens is 296 g/mol. The molecule has 5 heteroatoms. The van der Waals surface area contributed by atoms with E-state index in [2.05, 4.69) is 10.6 Å². The van der Waals surface area contributed by atoms with E-state index in [9.17, 15) is 9.59 Å². The fourth-order valence-electron chi connectivity index (χ4n) is 2.23. The average molecular weight is 312 g/mol. The van der Waals surface area contributed by atoms with Gasteiger partial charge in [-0.1, -0.05) is 30.3 Å². The lowest BCUT2D eigenvalue weighted by molar-refractivity contribution is -0.115. The lowest BCUT2D eigenvalue weighted by Crippen LogP contribution is -2.27. The first-order valence-corrected chi connectivity index (χ1v) is 7.95. The maximum atomic E-state index is 12.2. The van der Waals surface area contributed by atoms with Crippen molar-refractivity contribution in [2.24, 2.45) is 0 Å². The van der Waals surface area contributed by atoms with Crippen LogP contribution in [0.15, 0.2) is 53.4 Å². The molecule has 2 amide bonds. The van der Waals surface area contributed by atoms with Crippen molar-refractivity contribution >= 4 is 29.3 Å². The van der Waals surface area contributed by atoms with E-state index in [1.54, 1.807) is 12.1 Å². The van der Waals surface area contributed by atoms with Crippen LogP contribution in [0.1, 0.15) is 22.8 Å². The first-order valence-electron chi connectivity index (χ1n) is 7.07. The van der Waals surface area contributed by atoms with Crippen LogP contribution in [-0.2, 0) is 11.3 Å². The number of thioether (sulfide) groups is 1. The lowest BCUT2D eigenvalue weighted by atomic mass is 10.1. The fraction of sp³-hybridized carbons (Fsp3) is 0.176. The Morgan fingerprint density at radius 2 is 2.00 bits per heavy atom. The SMILES string of the molecule is CC1Sc2ccc(C(=O)NCc3ccccc3)cc2NC1=O. The Hall–Kier alpha value is -2.27. The predicted molar refractivity (Wildman–Crippen MR) is 88.0 cm³/mol. The molecule has 1 heterocycles. The smallest absolute Gasteiger partial charge is 0.251 e. The monoisotopic (exact) mass is 312 g/mol. The number of carbonyl (C=O) groups excluding carboxylic acids is 2. The maximum absolute atomic E-state index is 12.2. The van der Waals surface area contributed by atoms with Crippen molar-refractivity contribution in [1.29, 1.82) is 0 Å². The first-order chi connectivity index (χ1) is 10.6. The summed E-state index contributed by atoms with van der Waals surface area (Å²) in [5.41, 5.74) is 2.30. The molecule has 1 atom stereocenters. The van der Waals surface area contributed by atoms with Crippen molar-refractivity contribution in [3.63, 3.8) is 0 Å². The Balaban J connectivity index is 1.71. The average Bonchev–Trinajstić information content (AvgIpc) is 2.54. The van der Waals surface area contributed by atoms with Crippen molar-refractivity contribution in [3.8, 4) is 0 Å². The number of hydrogen-bond donors (Lipinski definition) is 2. The van der Waals surface area contributed by atoms with Gasteiger partial charge in [0.15, 0.2) is 0 Å². The van der Waals surface area contributed by atoms with Crippen LogP contribution in [0.25, 0.3) is 0 Å². The van der Waals surface area contributed by atoms with Crippen molar-refractivity contribution in [1.82, 2.24) is 5.32 Å². The van der Waals surface area contributed by atoms with Crippen LogP contribution in [0.2, 0.25) is 0 Å². The van der Waals surface area contributed by atoms with Crippen molar-refractivity contribution < 1.29 is 9.59 Å². The summed E-state index contributed by atoms with van der Waals surface area (Å²) in [6, 6.07) is 15.1. The zero-order valence-electron chi connectivity index (χ0n) is 12.1. The molecule has 0 spiro atoms. The number of rotatable bonds is 3. The van der Waals surface area contributed by atoms with Gasteiger partial charge in [0.25, 0.3) is 5.91 Å². The predicted octanol–water partition coefficient (Wildman–Crippen LogP) is 3.05. The second-order valence-electron chi connectivity index (χ2n) is 5.13. The molecule has 3 rings (SSSR count). The summed E-state index contributed by atoms with van der Waals surface area (Å²) < 4.78 is 0. The van der Waals surface area contributed by atoms with Crippen LogP contribution >= 0.6 is 11.8 Å². The molecule has 2 N–H and O–H groups in total. The Bertz CT molecular complexity index is 716. The minimum Gasteiger partial charge on any atom is -0.348 e. The minimum absolute atomic E-state index is 0.0284. The molecule has 2 aromatic rings. The van der Waals surface area contributed by atoms with E-state index in [1.807, 2.05) is 43.3 Å². The number of nitrogens with one attached hydrogen (secondary N) is 2. The molecule has 4 nitrogen and oxygen atoms in total. The van der Waals surface area contributed by atoms with Crippen LogP contribution < -0.4 is 10.6 Å². The largest absolute Gasteiger partial charge is 0.348 e. The summed E-state index contributed by atoms with van der Waals surface area (Å²) in [5.74, 6) is -0.177. The third kappa shape index (κ3) is 3.14. The van der Waals surface area contributed by atoms with E-state index in [1.165, 1.54) is 11.8 Å². The van der Waals surface area contributed by atoms with Gasteiger partial charge in [0, 0.05) is 17.0 Å². The number of benzene rings is 2. The Morgan fingerprint density at radius 3 is 2.77 bits per heavy atom. The van der Waals surface area contributed by atoms with E-state index >= 15 is 0 Å². The number of amides is 2. The van der Waals surface area contributed by atoms with Gasteiger partial charge in [0.2, 0.25) is 5.91 Å². The van der Waals surface area contributed by atoms with Gasteiger partial charge < -0.3 is 10.6 Å². The molecule has 1 aliphatic heterocycles. The van der Waals surface area contributed by atoms with Crippen LogP contribution in [-0.4, -0.2) is 17.1 Å². The Kier molecular flexibility index (Phi) is 4.15. The van der Waals surface area contributed by atoms with Gasteiger partial charge in [-0.15, -0.1) is 11.8 Å². The summed E-state index contributed by atoms with van der Waals surface area (Å²) in [5, 5.41) is 5.62.